The summed E-state index contributed by atoms with van der Waals surface area (Å²) < 4.78 is 12.2. The zero-order chi connectivity index (χ0) is 21.0. The molecule has 0 spiro atoms. The second-order valence-electron chi connectivity index (χ2n) is 7.13. The van der Waals surface area contributed by atoms with Crippen LogP contribution in [0.25, 0.3) is 5.69 Å². The maximum Gasteiger partial charge on any atom is 0.359 e. The molecule has 1 aromatic heterocycles. The SMILES string of the molecule is CCOC(=O)c1nn(-c2ccc(OC)cc2)c2c1CN(C(=O)C(CC)CC)CC2. The Morgan fingerprint density at radius 3 is 2.41 bits per heavy atom. The predicted octanol–water partition coefficient (Wildman–Crippen LogP) is 3.38. The molecule has 156 valence electrons. The van der Waals surface area contributed by atoms with Crippen LogP contribution >= 0.6 is 0 Å². The van der Waals surface area contributed by atoms with Gasteiger partial charge in [-0.25, -0.2) is 9.48 Å². The summed E-state index contributed by atoms with van der Waals surface area (Å²) in [4.78, 5) is 27.3. The van der Waals surface area contributed by atoms with Gasteiger partial charge in [0.25, 0.3) is 0 Å². The third kappa shape index (κ3) is 4.13. The third-order valence-electron chi connectivity index (χ3n) is 5.49. The van der Waals surface area contributed by atoms with Crippen LogP contribution in [0.4, 0.5) is 0 Å². The number of ether oxygens (including phenoxy) is 2. The molecule has 1 aliphatic heterocycles. The molecule has 0 N–H and O–H groups in total. The quantitative estimate of drug-likeness (QED) is 0.668. The van der Waals surface area contributed by atoms with Crippen molar-refractivity contribution in [2.24, 2.45) is 5.92 Å². The fraction of sp³-hybridized carbons (Fsp3) is 0.500. The zero-order valence-corrected chi connectivity index (χ0v) is 17.6. The first-order chi connectivity index (χ1) is 14.0. The number of hydrogen-bond donors (Lipinski definition) is 0. The lowest BCUT2D eigenvalue weighted by Crippen LogP contribution is -2.40. The van der Waals surface area contributed by atoms with Gasteiger partial charge in [0.2, 0.25) is 5.91 Å². The number of fused-ring (bicyclic) bond motifs is 1. The number of nitrogens with zero attached hydrogens (tertiary/aromatic N) is 3. The molecule has 0 aliphatic carbocycles. The topological polar surface area (TPSA) is 73.7 Å². The molecule has 0 unspecified atom stereocenters. The van der Waals surface area contributed by atoms with Gasteiger partial charge in [-0.05, 0) is 44.0 Å². The molecule has 0 radical (unpaired) electrons. The maximum atomic E-state index is 12.9. The molecule has 0 bridgehead atoms. The van der Waals surface area contributed by atoms with Crippen LogP contribution in [0.1, 0.15) is 55.4 Å². The van der Waals surface area contributed by atoms with Crippen LogP contribution in [0.2, 0.25) is 0 Å². The van der Waals surface area contributed by atoms with Crippen LogP contribution in [0.5, 0.6) is 5.75 Å². The lowest BCUT2D eigenvalue weighted by Gasteiger charge is -2.30. The molecule has 2 heterocycles. The minimum Gasteiger partial charge on any atom is -0.497 e. The highest BCUT2D eigenvalue weighted by atomic mass is 16.5. The molecular formula is C22H29N3O4. The number of carbonyl (C=O) groups is 2. The normalized spacial score (nSPS) is 13.3. The minimum atomic E-state index is -0.451. The number of benzene rings is 1. The van der Waals surface area contributed by atoms with Crippen molar-refractivity contribution in [3.63, 3.8) is 0 Å². The van der Waals surface area contributed by atoms with E-state index in [0.29, 0.717) is 25.2 Å². The van der Waals surface area contributed by atoms with Crippen LogP contribution < -0.4 is 4.74 Å². The third-order valence-corrected chi connectivity index (χ3v) is 5.49. The molecule has 0 atom stereocenters. The summed E-state index contributed by atoms with van der Waals surface area (Å²) >= 11 is 0. The lowest BCUT2D eigenvalue weighted by atomic mass is 9.98. The van der Waals surface area contributed by atoms with E-state index in [1.165, 1.54) is 0 Å². The van der Waals surface area contributed by atoms with Gasteiger partial charge in [0, 0.05) is 31.0 Å². The Morgan fingerprint density at radius 2 is 1.83 bits per heavy atom. The molecule has 7 nitrogen and oxygen atoms in total. The van der Waals surface area contributed by atoms with Gasteiger partial charge in [-0.3, -0.25) is 4.79 Å². The van der Waals surface area contributed by atoms with E-state index < -0.39 is 5.97 Å². The Kier molecular flexibility index (Phi) is 6.56. The van der Waals surface area contributed by atoms with Crippen LogP contribution in [-0.2, 0) is 22.5 Å². The summed E-state index contributed by atoms with van der Waals surface area (Å²) in [7, 11) is 1.62. The molecule has 1 aliphatic rings. The van der Waals surface area contributed by atoms with Crippen molar-refractivity contribution in [1.82, 2.24) is 14.7 Å². The highest BCUT2D eigenvalue weighted by molar-refractivity contribution is 5.90. The second-order valence-corrected chi connectivity index (χ2v) is 7.13. The van der Waals surface area contributed by atoms with Gasteiger partial charge < -0.3 is 14.4 Å². The Labute approximate surface area is 171 Å². The number of methoxy groups -OCH3 is 1. The van der Waals surface area contributed by atoms with Crippen LogP contribution in [0, 0.1) is 5.92 Å². The first kappa shape index (κ1) is 20.9. The fourth-order valence-electron chi connectivity index (χ4n) is 3.80. The maximum absolute atomic E-state index is 12.9. The average Bonchev–Trinajstić information content (AvgIpc) is 3.13. The highest BCUT2D eigenvalue weighted by Gasteiger charge is 2.32. The number of hydrogen-bond acceptors (Lipinski definition) is 5. The number of carbonyl (C=O) groups excluding carboxylic acids is 2. The van der Waals surface area contributed by atoms with Gasteiger partial charge in [-0.2, -0.15) is 5.10 Å². The summed E-state index contributed by atoms with van der Waals surface area (Å²) in [5.41, 5.74) is 2.87. The first-order valence-electron chi connectivity index (χ1n) is 10.2. The van der Waals surface area contributed by atoms with Crippen molar-refractivity contribution in [3.05, 3.63) is 41.2 Å². The second kappa shape index (κ2) is 9.11. The zero-order valence-electron chi connectivity index (χ0n) is 17.6. The molecule has 7 heteroatoms. The summed E-state index contributed by atoms with van der Waals surface area (Å²) in [5, 5.41) is 4.58. The molecule has 29 heavy (non-hydrogen) atoms. The van der Waals surface area contributed by atoms with Gasteiger partial charge in [0.15, 0.2) is 5.69 Å². The van der Waals surface area contributed by atoms with E-state index in [-0.39, 0.29) is 18.4 Å². The molecule has 2 aromatic rings. The van der Waals surface area contributed by atoms with Crippen molar-refractivity contribution in [2.45, 2.75) is 46.6 Å². The monoisotopic (exact) mass is 399 g/mol. The van der Waals surface area contributed by atoms with Crippen molar-refractivity contribution in [2.75, 3.05) is 20.3 Å². The first-order valence-corrected chi connectivity index (χ1v) is 10.2. The summed E-state index contributed by atoms with van der Waals surface area (Å²) in [6, 6.07) is 7.53. The lowest BCUT2D eigenvalue weighted by molar-refractivity contribution is -0.136. The van der Waals surface area contributed by atoms with Gasteiger partial charge in [-0.1, -0.05) is 13.8 Å². The molecule has 1 amide bonds. The van der Waals surface area contributed by atoms with E-state index in [2.05, 4.69) is 5.10 Å². The van der Waals surface area contributed by atoms with Crippen LogP contribution in [0.15, 0.2) is 24.3 Å². The van der Waals surface area contributed by atoms with Gasteiger partial charge in [0.05, 0.1) is 25.1 Å². The molecule has 0 saturated carbocycles. The Morgan fingerprint density at radius 1 is 1.14 bits per heavy atom. The van der Waals surface area contributed by atoms with Crippen molar-refractivity contribution in [1.29, 1.82) is 0 Å². The largest absolute Gasteiger partial charge is 0.497 e. The van der Waals surface area contributed by atoms with Gasteiger partial charge >= 0.3 is 5.97 Å². The van der Waals surface area contributed by atoms with Gasteiger partial charge in [0.1, 0.15) is 5.75 Å². The molecule has 0 fully saturated rings. The molecule has 0 saturated heterocycles. The minimum absolute atomic E-state index is 0.0132. The Bertz CT molecular complexity index is 869. The Hall–Kier alpha value is -2.83. The number of aromatic nitrogens is 2. The van der Waals surface area contributed by atoms with Crippen molar-refractivity contribution < 1.29 is 19.1 Å². The average molecular weight is 399 g/mol. The fourth-order valence-corrected chi connectivity index (χ4v) is 3.80. The summed E-state index contributed by atoms with van der Waals surface area (Å²) in [6.45, 7) is 7.12. The van der Waals surface area contributed by atoms with E-state index >= 15 is 0 Å². The molecule has 3 rings (SSSR count). The van der Waals surface area contributed by atoms with E-state index in [4.69, 9.17) is 9.47 Å². The van der Waals surface area contributed by atoms with E-state index in [9.17, 15) is 9.59 Å². The standard InChI is InChI=1S/C22H29N3O4/c1-5-15(6-2)21(26)24-13-12-19-18(14-24)20(22(27)29-7-3)23-25(19)16-8-10-17(28-4)11-9-16/h8-11,15H,5-7,12-14H2,1-4H3. The molecular weight excluding hydrogens is 370 g/mol. The number of rotatable bonds is 7. The smallest absolute Gasteiger partial charge is 0.359 e. The molecule has 1 aromatic carbocycles. The summed E-state index contributed by atoms with van der Waals surface area (Å²) in [6.07, 6.45) is 2.27. The van der Waals surface area contributed by atoms with Crippen LogP contribution in [0.3, 0.4) is 0 Å². The number of amides is 1. The van der Waals surface area contributed by atoms with Gasteiger partial charge in [-0.15, -0.1) is 0 Å². The van der Waals surface area contributed by atoms with Crippen molar-refractivity contribution >= 4 is 11.9 Å². The van der Waals surface area contributed by atoms with E-state index in [0.717, 1.165) is 35.5 Å². The number of esters is 1. The Balaban J connectivity index is 1.99. The summed E-state index contributed by atoms with van der Waals surface area (Å²) in [5.74, 6) is 0.460. The highest BCUT2D eigenvalue weighted by Crippen LogP contribution is 2.28. The predicted molar refractivity (Wildman–Crippen MR) is 109 cm³/mol. The van der Waals surface area contributed by atoms with E-state index in [1.807, 2.05) is 43.0 Å². The van der Waals surface area contributed by atoms with Crippen molar-refractivity contribution in [3.8, 4) is 11.4 Å². The van der Waals surface area contributed by atoms with E-state index in [1.54, 1.807) is 18.7 Å². The van der Waals surface area contributed by atoms with Crippen LogP contribution in [-0.4, -0.2) is 46.8 Å².